The van der Waals surface area contributed by atoms with Crippen LogP contribution in [0, 0.1) is 0 Å². The van der Waals surface area contributed by atoms with Gasteiger partial charge in [0.15, 0.2) is 0 Å². The Balaban J connectivity index is 2.85. The summed E-state index contributed by atoms with van der Waals surface area (Å²) in [7, 11) is 0. The zero-order chi connectivity index (χ0) is 8.32. The van der Waals surface area contributed by atoms with Crippen molar-refractivity contribution in [1.29, 1.82) is 0 Å². The first-order chi connectivity index (χ1) is 5.21. The molecule has 1 unspecified atom stereocenters. The highest BCUT2D eigenvalue weighted by atomic mass is 16.4. The van der Waals surface area contributed by atoms with Crippen LogP contribution in [0.15, 0.2) is 24.4 Å². The van der Waals surface area contributed by atoms with Crippen LogP contribution in [0.5, 0.6) is 0 Å². The molecule has 11 heavy (non-hydrogen) atoms. The van der Waals surface area contributed by atoms with Crippen molar-refractivity contribution >= 4 is 6.09 Å². The van der Waals surface area contributed by atoms with E-state index in [0.29, 0.717) is 13.1 Å². The van der Waals surface area contributed by atoms with Crippen LogP contribution in [0.3, 0.4) is 0 Å². The number of amides is 1. The number of quaternary nitrogens is 1. The number of carbonyl (C=O) groups is 1. The van der Waals surface area contributed by atoms with Gasteiger partial charge in [0.2, 0.25) is 0 Å². The molecule has 0 aromatic rings. The Morgan fingerprint density at radius 3 is 2.64 bits per heavy atom. The van der Waals surface area contributed by atoms with E-state index in [2.05, 4.69) is 0 Å². The van der Waals surface area contributed by atoms with Gasteiger partial charge in [-0.2, -0.15) is 0 Å². The minimum absolute atomic E-state index is 0.0868. The Morgan fingerprint density at radius 2 is 2.36 bits per heavy atom. The van der Waals surface area contributed by atoms with Crippen LogP contribution in [0.2, 0.25) is 0 Å². The molecule has 1 aliphatic rings. The summed E-state index contributed by atoms with van der Waals surface area (Å²) in [6, 6.07) is 0. The molecule has 0 fully saturated rings. The Kier molecular flexibility index (Phi) is 2.10. The van der Waals surface area contributed by atoms with Crippen LogP contribution in [0.1, 0.15) is 6.92 Å². The van der Waals surface area contributed by atoms with E-state index in [-0.39, 0.29) is 4.48 Å². The molecular weight excluding hydrogens is 142 g/mol. The van der Waals surface area contributed by atoms with E-state index in [1.54, 1.807) is 12.3 Å². The Labute approximate surface area is 65.8 Å². The lowest BCUT2D eigenvalue weighted by atomic mass is 10.3. The number of hydrogen-bond acceptors (Lipinski definition) is 2. The predicted molar refractivity (Wildman–Crippen MR) is 39.3 cm³/mol. The number of nitrogens with zero attached hydrogens (tertiary/aromatic N) is 1. The number of likely N-dealkylation sites (N-methyl/N-ethyl adjacent to an activating group) is 1. The number of carboxylic acid groups (broad SMARTS) is 1. The van der Waals surface area contributed by atoms with Crippen molar-refractivity contribution in [3.8, 4) is 0 Å². The largest absolute Gasteiger partial charge is 0.498 e. The first-order valence-corrected chi connectivity index (χ1v) is 3.64. The van der Waals surface area contributed by atoms with Crippen molar-refractivity contribution in [1.82, 2.24) is 0 Å². The van der Waals surface area contributed by atoms with E-state index in [9.17, 15) is 9.90 Å². The van der Waals surface area contributed by atoms with Gasteiger partial charge in [-0.3, -0.25) is 0 Å². The molecule has 0 aromatic heterocycles. The summed E-state index contributed by atoms with van der Waals surface area (Å²) in [6.45, 7) is 2.86. The van der Waals surface area contributed by atoms with Crippen LogP contribution in [-0.2, 0) is 0 Å². The molecule has 1 heterocycles. The predicted octanol–water partition coefficient (Wildman–Crippen LogP) is 0.250. The minimum atomic E-state index is -1.03. The highest BCUT2D eigenvalue weighted by Crippen LogP contribution is 2.11. The topological polar surface area (TPSA) is 40.1 Å². The van der Waals surface area contributed by atoms with Crippen molar-refractivity contribution in [2.45, 2.75) is 6.92 Å². The summed E-state index contributed by atoms with van der Waals surface area (Å²) in [5.41, 5.74) is 0. The normalized spacial score (nSPS) is 28.8. The van der Waals surface area contributed by atoms with Gasteiger partial charge in [0, 0.05) is 0 Å². The molecule has 1 aliphatic heterocycles. The maximum atomic E-state index is 10.7. The van der Waals surface area contributed by atoms with E-state index in [0.717, 1.165) is 0 Å². The van der Waals surface area contributed by atoms with Gasteiger partial charge in [0.25, 0.3) is 6.09 Å². The molecule has 0 aromatic carbocycles. The summed E-state index contributed by atoms with van der Waals surface area (Å²) in [6.07, 6.45) is 6.03. The third kappa shape index (κ3) is 1.33. The number of allylic oxidation sites excluding steroid dienone is 2. The van der Waals surface area contributed by atoms with Crippen LogP contribution in [0.4, 0.5) is 4.79 Å². The molecular formula is C8H11NO2. The molecule has 1 atom stereocenters. The van der Waals surface area contributed by atoms with Crippen molar-refractivity contribution in [2.24, 2.45) is 0 Å². The van der Waals surface area contributed by atoms with Gasteiger partial charge in [-0.15, -0.1) is 0 Å². The molecule has 1 rings (SSSR count). The SMILES string of the molecule is CC[N+]1(C(=O)[O-])C=CC=CC1. The zero-order valence-corrected chi connectivity index (χ0v) is 6.49. The highest BCUT2D eigenvalue weighted by Gasteiger charge is 2.24. The molecule has 3 heteroatoms. The fraction of sp³-hybridized carbons (Fsp3) is 0.375. The van der Waals surface area contributed by atoms with E-state index in [4.69, 9.17) is 0 Å². The maximum absolute atomic E-state index is 10.7. The van der Waals surface area contributed by atoms with Crippen LogP contribution in [0.25, 0.3) is 0 Å². The Hall–Kier alpha value is -1.09. The lowest BCUT2D eigenvalue weighted by Crippen LogP contribution is -2.55. The van der Waals surface area contributed by atoms with Crippen molar-refractivity contribution in [3.63, 3.8) is 0 Å². The molecule has 0 saturated carbocycles. The first kappa shape index (κ1) is 8.01. The second-order valence-electron chi connectivity index (χ2n) is 2.57. The van der Waals surface area contributed by atoms with E-state index in [1.165, 1.54) is 0 Å². The van der Waals surface area contributed by atoms with E-state index < -0.39 is 6.09 Å². The Morgan fingerprint density at radius 1 is 1.64 bits per heavy atom. The molecule has 0 radical (unpaired) electrons. The minimum Gasteiger partial charge on any atom is -0.498 e. The highest BCUT2D eigenvalue weighted by molar-refractivity contribution is 5.55. The van der Waals surface area contributed by atoms with Crippen molar-refractivity contribution in [3.05, 3.63) is 24.4 Å². The molecule has 0 N–H and O–H groups in total. The van der Waals surface area contributed by atoms with Gasteiger partial charge in [-0.1, -0.05) is 6.08 Å². The maximum Gasteiger partial charge on any atom is 0.262 e. The average molecular weight is 153 g/mol. The molecule has 0 spiro atoms. The quantitative estimate of drug-likeness (QED) is 0.506. The van der Waals surface area contributed by atoms with Gasteiger partial charge in [0.1, 0.15) is 12.7 Å². The molecule has 60 valence electrons. The zero-order valence-electron chi connectivity index (χ0n) is 6.49. The second-order valence-corrected chi connectivity index (χ2v) is 2.57. The smallest absolute Gasteiger partial charge is 0.262 e. The molecule has 1 amide bonds. The standard InChI is InChI=1S/C8H11NO2/c1-2-9(8(10)11)6-4-3-5-7-9/h3-6H,2,7H2,1H3. The molecule has 0 aliphatic carbocycles. The average Bonchev–Trinajstić information content (AvgIpc) is 2.05. The summed E-state index contributed by atoms with van der Waals surface area (Å²) in [5.74, 6) is 0. The lowest BCUT2D eigenvalue weighted by molar-refractivity contribution is -0.820. The van der Waals surface area contributed by atoms with Gasteiger partial charge < -0.3 is 9.90 Å². The third-order valence-corrected chi connectivity index (χ3v) is 1.98. The molecule has 0 bridgehead atoms. The van der Waals surface area contributed by atoms with Crippen molar-refractivity contribution < 1.29 is 14.4 Å². The van der Waals surface area contributed by atoms with Gasteiger partial charge in [-0.05, 0) is 19.1 Å². The van der Waals surface area contributed by atoms with Gasteiger partial charge >= 0.3 is 0 Å². The monoisotopic (exact) mass is 153 g/mol. The number of carbonyl (C=O) groups excluding carboxylic acids is 1. The third-order valence-electron chi connectivity index (χ3n) is 1.98. The van der Waals surface area contributed by atoms with Crippen LogP contribution in [-0.4, -0.2) is 23.7 Å². The Bertz CT molecular complexity index is 220. The second kappa shape index (κ2) is 2.88. The summed E-state index contributed by atoms with van der Waals surface area (Å²) in [5, 5.41) is 10.7. The molecule has 0 saturated heterocycles. The number of rotatable bonds is 1. The van der Waals surface area contributed by atoms with Crippen LogP contribution < -0.4 is 5.11 Å². The van der Waals surface area contributed by atoms with Gasteiger partial charge in [0.05, 0.1) is 6.54 Å². The molecule has 3 nitrogen and oxygen atoms in total. The van der Waals surface area contributed by atoms with Crippen molar-refractivity contribution in [2.75, 3.05) is 13.1 Å². The van der Waals surface area contributed by atoms with E-state index in [1.807, 2.05) is 19.1 Å². The first-order valence-electron chi connectivity index (χ1n) is 3.64. The lowest BCUT2D eigenvalue weighted by Gasteiger charge is -2.32. The fourth-order valence-corrected chi connectivity index (χ4v) is 1.10. The fourth-order valence-electron chi connectivity index (χ4n) is 1.10. The summed E-state index contributed by atoms with van der Waals surface area (Å²) in [4.78, 5) is 10.7. The number of hydrogen-bond donors (Lipinski definition) is 0. The summed E-state index contributed by atoms with van der Waals surface area (Å²) >= 11 is 0. The van der Waals surface area contributed by atoms with Crippen LogP contribution >= 0.6 is 0 Å². The summed E-state index contributed by atoms with van der Waals surface area (Å²) < 4.78 is -0.0868. The van der Waals surface area contributed by atoms with Gasteiger partial charge in [-0.25, -0.2) is 4.48 Å². The van der Waals surface area contributed by atoms with E-state index >= 15 is 0 Å².